The topological polar surface area (TPSA) is 96.1 Å². The Labute approximate surface area is 196 Å². The van der Waals surface area contributed by atoms with Gasteiger partial charge in [-0.25, -0.2) is 0 Å². The molecule has 4 rings (SSSR count). The molecule has 0 aromatic heterocycles. The van der Waals surface area contributed by atoms with Gasteiger partial charge in [0.05, 0.1) is 52.9 Å². The zero-order valence-corrected chi connectivity index (χ0v) is 20.1. The predicted octanol–water partition coefficient (Wildman–Crippen LogP) is 2.56. The molecule has 6 unspecified atom stereocenters. The first-order valence-electron chi connectivity index (χ1n) is 12.6. The van der Waals surface area contributed by atoms with Crippen LogP contribution in [-0.2, 0) is 38.0 Å². The van der Waals surface area contributed by atoms with Crippen LogP contribution in [0, 0.1) is 23.7 Å². The average molecular weight is 469 g/mol. The third-order valence-electron chi connectivity index (χ3n) is 7.12. The van der Waals surface area contributed by atoms with E-state index in [0.29, 0.717) is 52.5 Å². The van der Waals surface area contributed by atoms with Gasteiger partial charge < -0.3 is 28.4 Å². The van der Waals surface area contributed by atoms with E-state index in [4.69, 9.17) is 28.4 Å². The fourth-order valence-corrected chi connectivity index (χ4v) is 4.63. The Morgan fingerprint density at radius 1 is 0.697 bits per heavy atom. The molecule has 0 aromatic carbocycles. The second-order valence-electron chi connectivity index (χ2n) is 10.6. The van der Waals surface area contributed by atoms with E-state index < -0.39 is 5.79 Å². The number of ether oxygens (including phenoxy) is 6. The lowest BCUT2D eigenvalue weighted by molar-refractivity contribution is -0.227. The molecule has 2 saturated carbocycles. The highest BCUT2D eigenvalue weighted by Crippen LogP contribution is 2.30. The number of hydrogen-bond acceptors (Lipinski definition) is 8. The van der Waals surface area contributed by atoms with Crippen LogP contribution in [0.1, 0.15) is 52.4 Å². The van der Waals surface area contributed by atoms with Gasteiger partial charge in [-0.15, -0.1) is 0 Å². The Balaban J connectivity index is 1.08. The molecule has 0 amide bonds. The van der Waals surface area contributed by atoms with Crippen molar-refractivity contribution in [2.45, 2.75) is 70.4 Å². The molecule has 0 radical (unpaired) electrons. The van der Waals surface area contributed by atoms with Crippen molar-refractivity contribution < 1.29 is 38.0 Å². The second kappa shape index (κ2) is 11.7. The first-order valence-corrected chi connectivity index (χ1v) is 12.6. The van der Waals surface area contributed by atoms with E-state index in [1.807, 2.05) is 13.8 Å². The van der Waals surface area contributed by atoms with E-state index in [2.05, 4.69) is 0 Å². The number of epoxide rings is 2. The maximum Gasteiger partial charge on any atom is 0.162 e. The Kier molecular flexibility index (Phi) is 8.93. The average Bonchev–Trinajstić information content (AvgIpc) is 3.70. The summed E-state index contributed by atoms with van der Waals surface area (Å²) in [7, 11) is 0. The molecule has 0 spiro atoms. The van der Waals surface area contributed by atoms with E-state index in [1.54, 1.807) is 0 Å². The molecule has 6 atom stereocenters. The monoisotopic (exact) mass is 468 g/mol. The van der Waals surface area contributed by atoms with Gasteiger partial charge in [-0.2, -0.15) is 0 Å². The van der Waals surface area contributed by atoms with Gasteiger partial charge in [0.15, 0.2) is 5.79 Å². The Hall–Kier alpha value is -0.900. The summed E-state index contributed by atoms with van der Waals surface area (Å²) in [6.07, 6.45) is 5.18. The zero-order chi connectivity index (χ0) is 23.3. The number of carbonyl (C=O) groups is 2. The van der Waals surface area contributed by atoms with Gasteiger partial charge in [0.1, 0.15) is 23.8 Å². The SMILES string of the molecule is CC(C)(OCC1CCC(COCC2CO2)C(=O)C1)OCC1CCC(COCC2CO2)C(=O)C1. The van der Waals surface area contributed by atoms with E-state index in [1.165, 1.54) is 0 Å². The zero-order valence-electron chi connectivity index (χ0n) is 20.1. The van der Waals surface area contributed by atoms with E-state index in [0.717, 1.165) is 38.9 Å². The minimum atomic E-state index is -0.736. The highest BCUT2D eigenvalue weighted by Gasteiger charge is 2.33. The van der Waals surface area contributed by atoms with Crippen LogP contribution in [0.15, 0.2) is 0 Å². The standard InChI is InChI=1S/C25H40O8/c1-25(2,32-9-17-3-5-19(23(26)7-17)11-28-13-21-15-30-21)33-10-18-4-6-20(24(27)8-18)12-29-14-22-16-31-22/h17-22H,3-16H2,1-2H3. The van der Waals surface area contributed by atoms with Crippen molar-refractivity contribution in [2.75, 3.05) is 52.9 Å². The summed E-state index contributed by atoms with van der Waals surface area (Å²) >= 11 is 0. The molecule has 0 bridgehead atoms. The van der Waals surface area contributed by atoms with E-state index >= 15 is 0 Å². The number of carbonyl (C=O) groups excluding carboxylic acids is 2. The largest absolute Gasteiger partial charge is 0.378 e. The van der Waals surface area contributed by atoms with E-state index in [-0.39, 0.29) is 47.4 Å². The molecule has 2 saturated heterocycles. The molecule has 2 aliphatic carbocycles. The van der Waals surface area contributed by atoms with Gasteiger partial charge in [-0.05, 0) is 51.4 Å². The molecule has 33 heavy (non-hydrogen) atoms. The molecule has 8 nitrogen and oxygen atoms in total. The summed E-state index contributed by atoms with van der Waals surface area (Å²) in [6, 6.07) is 0. The number of Topliss-reactive ketones (excluding diaryl/α,β-unsaturated/α-hetero) is 2. The molecule has 8 heteroatoms. The third-order valence-corrected chi connectivity index (χ3v) is 7.12. The van der Waals surface area contributed by atoms with Crippen LogP contribution in [-0.4, -0.2) is 82.4 Å². The van der Waals surface area contributed by atoms with Gasteiger partial charge >= 0.3 is 0 Å². The third kappa shape index (κ3) is 8.67. The molecule has 0 aromatic rings. The first-order chi connectivity index (χ1) is 15.9. The van der Waals surface area contributed by atoms with Crippen molar-refractivity contribution in [3.63, 3.8) is 0 Å². The Morgan fingerprint density at radius 3 is 1.48 bits per heavy atom. The summed E-state index contributed by atoms with van der Waals surface area (Å²) in [5, 5.41) is 0. The van der Waals surface area contributed by atoms with Crippen molar-refractivity contribution in [2.24, 2.45) is 23.7 Å². The lowest BCUT2D eigenvalue weighted by atomic mass is 9.81. The van der Waals surface area contributed by atoms with Gasteiger partial charge in [-0.1, -0.05) is 0 Å². The fraction of sp³-hybridized carbons (Fsp3) is 0.920. The molecule has 2 heterocycles. The summed E-state index contributed by atoms with van der Waals surface area (Å²) in [5.74, 6) is 0.264. The minimum Gasteiger partial charge on any atom is -0.378 e. The van der Waals surface area contributed by atoms with Gasteiger partial charge in [0, 0.05) is 24.7 Å². The maximum atomic E-state index is 12.5. The minimum absolute atomic E-state index is 0.00404. The summed E-state index contributed by atoms with van der Waals surface area (Å²) in [6.45, 7) is 8.60. The van der Waals surface area contributed by atoms with Crippen molar-refractivity contribution in [1.82, 2.24) is 0 Å². The van der Waals surface area contributed by atoms with Crippen molar-refractivity contribution in [1.29, 1.82) is 0 Å². The molecular weight excluding hydrogens is 428 g/mol. The van der Waals surface area contributed by atoms with Crippen LogP contribution in [0.2, 0.25) is 0 Å². The Bertz CT molecular complexity index is 603. The molecular formula is C25H40O8. The normalized spacial score (nSPS) is 34.5. The van der Waals surface area contributed by atoms with Crippen LogP contribution in [0.4, 0.5) is 0 Å². The highest BCUT2D eigenvalue weighted by molar-refractivity contribution is 5.82. The lowest BCUT2D eigenvalue weighted by Crippen LogP contribution is -2.37. The van der Waals surface area contributed by atoms with E-state index in [9.17, 15) is 9.59 Å². The van der Waals surface area contributed by atoms with Crippen LogP contribution in [0.5, 0.6) is 0 Å². The number of rotatable bonds is 14. The number of hydrogen-bond donors (Lipinski definition) is 0. The van der Waals surface area contributed by atoms with Crippen LogP contribution < -0.4 is 0 Å². The fourth-order valence-electron chi connectivity index (χ4n) is 4.63. The lowest BCUT2D eigenvalue weighted by Gasteiger charge is -2.33. The summed E-state index contributed by atoms with van der Waals surface area (Å²) < 4.78 is 33.6. The molecule has 2 aliphatic heterocycles. The molecule has 4 aliphatic rings. The summed E-state index contributed by atoms with van der Waals surface area (Å²) in [5.41, 5.74) is 0. The summed E-state index contributed by atoms with van der Waals surface area (Å²) in [4.78, 5) is 24.9. The molecule has 4 fully saturated rings. The smallest absolute Gasteiger partial charge is 0.162 e. The number of ketones is 2. The van der Waals surface area contributed by atoms with Gasteiger partial charge in [0.25, 0.3) is 0 Å². The van der Waals surface area contributed by atoms with Crippen molar-refractivity contribution in [3.8, 4) is 0 Å². The van der Waals surface area contributed by atoms with Crippen LogP contribution in [0.25, 0.3) is 0 Å². The quantitative estimate of drug-likeness (QED) is 0.284. The predicted molar refractivity (Wildman–Crippen MR) is 119 cm³/mol. The van der Waals surface area contributed by atoms with Crippen molar-refractivity contribution >= 4 is 11.6 Å². The first kappa shape index (κ1) is 25.2. The Morgan fingerprint density at radius 2 is 1.12 bits per heavy atom. The highest BCUT2D eigenvalue weighted by atomic mass is 16.7. The van der Waals surface area contributed by atoms with Crippen LogP contribution >= 0.6 is 0 Å². The van der Waals surface area contributed by atoms with Gasteiger partial charge in [0.2, 0.25) is 0 Å². The second-order valence-corrected chi connectivity index (χ2v) is 10.6. The molecule has 0 N–H and O–H groups in total. The maximum absolute atomic E-state index is 12.5. The van der Waals surface area contributed by atoms with Crippen LogP contribution in [0.3, 0.4) is 0 Å². The van der Waals surface area contributed by atoms with Crippen molar-refractivity contribution in [3.05, 3.63) is 0 Å². The molecule has 188 valence electrons. The van der Waals surface area contributed by atoms with Gasteiger partial charge in [-0.3, -0.25) is 9.59 Å².